The minimum absolute atomic E-state index is 0.214. The Morgan fingerprint density at radius 3 is 2.28 bits per heavy atom. The van der Waals surface area contributed by atoms with Crippen LogP contribution in [-0.4, -0.2) is 30.5 Å². The Morgan fingerprint density at radius 1 is 1.04 bits per heavy atom. The molecule has 0 aliphatic heterocycles. The molecule has 1 N–H and O–H groups in total. The second-order valence-electron chi connectivity index (χ2n) is 5.28. The average molecular weight is 365 g/mol. The zero-order chi connectivity index (χ0) is 18.8. The Morgan fingerprint density at radius 2 is 1.64 bits per heavy atom. The highest BCUT2D eigenvalue weighted by atomic mass is 19.4. The largest absolute Gasteiger partial charge is 0.440 e. The maximum atomic E-state index is 13.5. The van der Waals surface area contributed by atoms with Gasteiger partial charge in [0.1, 0.15) is 0 Å². The van der Waals surface area contributed by atoms with Crippen molar-refractivity contribution in [2.24, 2.45) is 0 Å². The van der Waals surface area contributed by atoms with Gasteiger partial charge in [0.25, 0.3) is 6.17 Å². The van der Waals surface area contributed by atoms with Gasteiger partial charge in [0.15, 0.2) is 6.10 Å². The summed E-state index contributed by atoms with van der Waals surface area (Å²) in [7, 11) is 0. The van der Waals surface area contributed by atoms with Crippen LogP contribution >= 0.6 is 0 Å². The molecule has 3 nitrogen and oxygen atoms in total. The normalized spacial score (nSPS) is 14.8. The molecule has 0 unspecified atom stereocenters. The summed E-state index contributed by atoms with van der Waals surface area (Å²) in [4.78, 5) is 11.7. The Balaban J connectivity index is 2.11. The number of halogens is 6. The van der Waals surface area contributed by atoms with Crippen LogP contribution in [0.1, 0.15) is 6.92 Å². The second kappa shape index (κ2) is 6.81. The first-order valence-corrected chi connectivity index (χ1v) is 7.07. The van der Waals surface area contributed by atoms with Crippen molar-refractivity contribution in [3.63, 3.8) is 0 Å². The van der Waals surface area contributed by atoms with E-state index in [-0.39, 0.29) is 5.69 Å². The van der Waals surface area contributed by atoms with E-state index < -0.39 is 30.5 Å². The summed E-state index contributed by atoms with van der Waals surface area (Å²) in [5.41, 5.74) is 0.214. The average Bonchev–Trinajstić information content (AvgIpc) is 2.53. The van der Waals surface area contributed by atoms with Crippen LogP contribution in [-0.2, 0) is 4.74 Å². The van der Waals surface area contributed by atoms with E-state index in [0.717, 1.165) is 5.39 Å². The number of fused-ring (bicyclic) bond motifs is 1. The first kappa shape index (κ1) is 18.9. The predicted molar refractivity (Wildman–Crippen MR) is 79.4 cm³/mol. The third kappa shape index (κ3) is 4.15. The molecule has 0 aromatic heterocycles. The number of anilines is 1. The molecule has 25 heavy (non-hydrogen) atoms. The maximum Gasteiger partial charge on any atom is 0.425 e. The molecule has 136 valence electrons. The van der Waals surface area contributed by atoms with Gasteiger partial charge in [-0.2, -0.15) is 22.0 Å². The Hall–Kier alpha value is -2.45. The number of benzene rings is 2. The van der Waals surface area contributed by atoms with Gasteiger partial charge in [-0.1, -0.05) is 36.4 Å². The summed E-state index contributed by atoms with van der Waals surface area (Å²) in [6, 6.07) is 11.6. The van der Waals surface area contributed by atoms with E-state index in [9.17, 15) is 31.1 Å². The van der Waals surface area contributed by atoms with Crippen LogP contribution in [0.15, 0.2) is 42.5 Å². The lowest BCUT2D eigenvalue weighted by Gasteiger charge is -2.27. The zero-order valence-electron chi connectivity index (χ0n) is 12.8. The summed E-state index contributed by atoms with van der Waals surface area (Å²) < 4.78 is 80.6. The Labute approximate surface area is 138 Å². The topological polar surface area (TPSA) is 38.3 Å². The van der Waals surface area contributed by atoms with Crippen LogP contribution in [0.4, 0.5) is 36.8 Å². The van der Waals surface area contributed by atoms with Crippen molar-refractivity contribution in [1.82, 2.24) is 0 Å². The van der Waals surface area contributed by atoms with Crippen LogP contribution in [0, 0.1) is 0 Å². The summed E-state index contributed by atoms with van der Waals surface area (Å²) in [6.45, 7) is 0.487. The Kier molecular flexibility index (Phi) is 5.15. The number of alkyl halides is 6. The molecule has 2 atom stereocenters. The standard InChI is InChI=1S/C16H13F6NO2/c1-9(15(18,19)13(17)16(20,21)22)25-14(24)23-12-8-4-6-10-5-2-3-7-11(10)12/h2-9,13H,1H3,(H,23,24)/t9-,13-/m0/s1. The van der Waals surface area contributed by atoms with Crippen LogP contribution in [0.5, 0.6) is 0 Å². The molecule has 9 heteroatoms. The summed E-state index contributed by atoms with van der Waals surface area (Å²) in [5.74, 6) is -4.92. The minimum Gasteiger partial charge on any atom is -0.440 e. The van der Waals surface area contributed by atoms with Gasteiger partial charge in [-0.3, -0.25) is 5.32 Å². The molecular weight excluding hydrogens is 352 g/mol. The molecule has 0 spiro atoms. The van der Waals surface area contributed by atoms with E-state index in [4.69, 9.17) is 0 Å². The van der Waals surface area contributed by atoms with Gasteiger partial charge in [0.2, 0.25) is 0 Å². The third-order valence-electron chi connectivity index (χ3n) is 3.48. The molecule has 0 saturated carbocycles. The molecule has 2 aromatic rings. The lowest BCUT2D eigenvalue weighted by atomic mass is 10.1. The number of amides is 1. The highest BCUT2D eigenvalue weighted by Crippen LogP contribution is 2.38. The van der Waals surface area contributed by atoms with Crippen molar-refractivity contribution < 1.29 is 35.9 Å². The minimum atomic E-state index is -5.77. The molecule has 0 saturated heterocycles. The lowest BCUT2D eigenvalue weighted by Crippen LogP contribution is -2.50. The molecule has 2 aromatic carbocycles. The highest BCUT2D eigenvalue weighted by Gasteiger charge is 2.60. The van der Waals surface area contributed by atoms with E-state index in [1.807, 2.05) is 0 Å². The van der Waals surface area contributed by atoms with Crippen molar-refractivity contribution in [1.29, 1.82) is 0 Å². The molecule has 1 amide bonds. The van der Waals surface area contributed by atoms with Gasteiger partial charge >= 0.3 is 18.2 Å². The van der Waals surface area contributed by atoms with E-state index in [1.54, 1.807) is 36.4 Å². The van der Waals surface area contributed by atoms with Gasteiger partial charge in [-0.15, -0.1) is 0 Å². The second-order valence-corrected chi connectivity index (χ2v) is 5.28. The maximum absolute atomic E-state index is 13.5. The van der Waals surface area contributed by atoms with Crippen LogP contribution in [0.3, 0.4) is 0 Å². The quantitative estimate of drug-likeness (QED) is 0.746. The fourth-order valence-corrected chi connectivity index (χ4v) is 2.14. The number of hydrogen-bond donors (Lipinski definition) is 1. The van der Waals surface area contributed by atoms with Crippen molar-refractivity contribution >= 4 is 22.6 Å². The van der Waals surface area contributed by atoms with Gasteiger partial charge in [-0.05, 0) is 18.4 Å². The molecule has 0 aliphatic rings. The van der Waals surface area contributed by atoms with Crippen LogP contribution in [0.2, 0.25) is 0 Å². The number of hydrogen-bond acceptors (Lipinski definition) is 2. The summed E-state index contributed by atoms with van der Waals surface area (Å²) in [5, 5.41) is 3.47. The fourth-order valence-electron chi connectivity index (χ4n) is 2.14. The SMILES string of the molecule is C[C@H](OC(=O)Nc1cccc2ccccc12)C(F)(F)[C@H](F)C(F)(F)F. The van der Waals surface area contributed by atoms with Gasteiger partial charge in [0, 0.05) is 5.39 Å². The summed E-state index contributed by atoms with van der Waals surface area (Å²) >= 11 is 0. The number of ether oxygens (including phenoxy) is 1. The zero-order valence-corrected chi connectivity index (χ0v) is 12.8. The van der Waals surface area contributed by atoms with E-state index >= 15 is 0 Å². The summed E-state index contributed by atoms with van der Waals surface area (Å²) in [6.07, 6.45) is -14.3. The number of nitrogens with one attached hydrogen (secondary N) is 1. The first-order chi connectivity index (χ1) is 11.5. The van der Waals surface area contributed by atoms with E-state index in [2.05, 4.69) is 10.1 Å². The predicted octanol–water partition coefficient (Wildman–Crippen LogP) is 5.31. The van der Waals surface area contributed by atoms with Crippen molar-refractivity contribution in [3.8, 4) is 0 Å². The van der Waals surface area contributed by atoms with Gasteiger partial charge < -0.3 is 4.74 Å². The van der Waals surface area contributed by atoms with Crippen LogP contribution in [0.25, 0.3) is 10.8 Å². The number of carbonyl (C=O) groups is 1. The van der Waals surface area contributed by atoms with Crippen molar-refractivity contribution in [2.45, 2.75) is 31.3 Å². The number of carbonyl (C=O) groups excluding carboxylic acids is 1. The fraction of sp³-hybridized carbons (Fsp3) is 0.312. The van der Waals surface area contributed by atoms with Crippen LogP contribution < -0.4 is 5.32 Å². The van der Waals surface area contributed by atoms with Crippen molar-refractivity contribution in [3.05, 3.63) is 42.5 Å². The van der Waals surface area contributed by atoms with E-state index in [0.29, 0.717) is 12.3 Å². The van der Waals surface area contributed by atoms with Gasteiger partial charge in [0.05, 0.1) is 5.69 Å². The molecule has 0 bridgehead atoms. The molecule has 0 radical (unpaired) electrons. The Bertz CT molecular complexity index is 756. The number of rotatable bonds is 4. The van der Waals surface area contributed by atoms with Gasteiger partial charge in [-0.25, -0.2) is 9.18 Å². The molecule has 0 fully saturated rings. The van der Waals surface area contributed by atoms with Crippen molar-refractivity contribution in [2.75, 3.05) is 5.32 Å². The highest BCUT2D eigenvalue weighted by molar-refractivity contribution is 6.00. The molecular formula is C16H13F6NO2. The smallest absolute Gasteiger partial charge is 0.425 e. The molecule has 2 rings (SSSR count). The first-order valence-electron chi connectivity index (χ1n) is 7.07. The molecule has 0 heterocycles. The lowest BCUT2D eigenvalue weighted by molar-refractivity contribution is -0.264. The van der Waals surface area contributed by atoms with E-state index in [1.165, 1.54) is 6.07 Å². The monoisotopic (exact) mass is 365 g/mol. The third-order valence-corrected chi connectivity index (χ3v) is 3.48. The molecule has 0 aliphatic carbocycles.